The lowest BCUT2D eigenvalue weighted by Crippen LogP contribution is -2.12. The number of ether oxygens (including phenoxy) is 1. The molecule has 0 bridgehead atoms. The topological polar surface area (TPSA) is 57.0 Å². The van der Waals surface area contributed by atoms with Crippen LogP contribution in [-0.2, 0) is 11.3 Å². The summed E-state index contributed by atoms with van der Waals surface area (Å²) in [4.78, 5) is 15.8. The van der Waals surface area contributed by atoms with Crippen molar-refractivity contribution in [1.82, 2.24) is 14.8 Å². The van der Waals surface area contributed by atoms with Gasteiger partial charge in [-0.3, -0.25) is 0 Å². The first-order chi connectivity index (χ1) is 10.8. The average molecular weight is 335 g/mol. The highest BCUT2D eigenvalue weighted by Crippen LogP contribution is 2.43. The van der Waals surface area contributed by atoms with Crippen molar-refractivity contribution in [3.8, 4) is 0 Å². The van der Waals surface area contributed by atoms with E-state index in [-0.39, 0.29) is 12.6 Å². The SMILES string of the molecule is O=C(OCCn1cncn1)c1ccc(C2SCCCS2)cc1. The Morgan fingerprint density at radius 2 is 2.05 bits per heavy atom. The normalized spacial score (nSPS) is 15.6. The van der Waals surface area contributed by atoms with Gasteiger partial charge in [-0.25, -0.2) is 14.5 Å². The number of esters is 1. The molecule has 0 unspecified atom stereocenters. The van der Waals surface area contributed by atoms with Crippen LogP contribution in [0.1, 0.15) is 26.9 Å². The molecule has 0 spiro atoms. The van der Waals surface area contributed by atoms with E-state index in [4.69, 9.17) is 4.74 Å². The molecular formula is C15H17N3O2S2. The van der Waals surface area contributed by atoms with Crippen LogP contribution >= 0.6 is 23.5 Å². The standard InChI is InChI=1S/C15H17N3O2S2/c19-14(20-7-6-18-11-16-10-17-18)12-2-4-13(5-3-12)15-21-8-1-9-22-15/h2-5,10-11,15H,1,6-9H2. The number of aromatic nitrogens is 3. The van der Waals surface area contributed by atoms with Gasteiger partial charge >= 0.3 is 5.97 Å². The molecule has 2 heterocycles. The molecule has 5 nitrogen and oxygen atoms in total. The lowest BCUT2D eigenvalue weighted by molar-refractivity contribution is 0.0487. The van der Waals surface area contributed by atoms with Crippen molar-refractivity contribution >= 4 is 29.5 Å². The number of nitrogens with zero attached hydrogens (tertiary/aromatic N) is 3. The zero-order chi connectivity index (χ0) is 15.2. The van der Waals surface area contributed by atoms with Gasteiger partial charge in [-0.15, -0.1) is 23.5 Å². The Bertz CT molecular complexity index is 596. The highest BCUT2D eigenvalue weighted by molar-refractivity contribution is 8.16. The van der Waals surface area contributed by atoms with Crippen LogP contribution in [-0.4, -0.2) is 38.8 Å². The van der Waals surface area contributed by atoms with Gasteiger partial charge in [0.05, 0.1) is 16.7 Å². The maximum atomic E-state index is 12.0. The molecule has 2 aromatic rings. The van der Waals surface area contributed by atoms with E-state index in [0.29, 0.717) is 16.7 Å². The molecule has 116 valence electrons. The molecule has 0 saturated carbocycles. The van der Waals surface area contributed by atoms with Crippen LogP contribution in [0.3, 0.4) is 0 Å². The van der Waals surface area contributed by atoms with E-state index in [1.54, 1.807) is 11.0 Å². The fraction of sp³-hybridized carbons (Fsp3) is 0.400. The van der Waals surface area contributed by atoms with Crippen LogP contribution in [0.5, 0.6) is 0 Å². The maximum Gasteiger partial charge on any atom is 0.338 e. The molecule has 3 rings (SSSR count). The van der Waals surface area contributed by atoms with Crippen molar-refractivity contribution < 1.29 is 9.53 Å². The lowest BCUT2D eigenvalue weighted by Gasteiger charge is -2.21. The molecule has 1 aromatic heterocycles. The van der Waals surface area contributed by atoms with Crippen LogP contribution in [0.15, 0.2) is 36.9 Å². The zero-order valence-corrected chi connectivity index (χ0v) is 13.7. The molecule has 0 amide bonds. The molecule has 0 atom stereocenters. The van der Waals surface area contributed by atoms with Gasteiger partial charge in [0.1, 0.15) is 19.3 Å². The number of thioether (sulfide) groups is 2. The Hall–Kier alpha value is -1.47. The minimum Gasteiger partial charge on any atom is -0.460 e. The average Bonchev–Trinajstić information content (AvgIpc) is 3.09. The predicted octanol–water partition coefficient (Wildman–Crippen LogP) is 3.00. The highest BCUT2D eigenvalue weighted by atomic mass is 32.2. The Kier molecular flexibility index (Phi) is 5.39. The van der Waals surface area contributed by atoms with Crippen LogP contribution in [0.25, 0.3) is 0 Å². The second-order valence-corrected chi connectivity index (χ2v) is 7.57. The summed E-state index contributed by atoms with van der Waals surface area (Å²) >= 11 is 3.95. The first kappa shape index (κ1) is 15.4. The van der Waals surface area contributed by atoms with E-state index in [9.17, 15) is 4.79 Å². The first-order valence-corrected chi connectivity index (χ1v) is 9.25. The van der Waals surface area contributed by atoms with Crippen molar-refractivity contribution in [3.05, 3.63) is 48.0 Å². The Balaban J connectivity index is 1.51. The quantitative estimate of drug-likeness (QED) is 0.783. The molecule has 1 fully saturated rings. The van der Waals surface area contributed by atoms with Gasteiger partial charge in [-0.2, -0.15) is 5.10 Å². The van der Waals surface area contributed by atoms with Crippen LogP contribution < -0.4 is 0 Å². The Labute approximate surface area is 137 Å². The van der Waals surface area contributed by atoms with Gasteiger partial charge < -0.3 is 4.74 Å². The Morgan fingerprint density at radius 1 is 1.27 bits per heavy atom. The van der Waals surface area contributed by atoms with E-state index in [1.807, 2.05) is 47.8 Å². The van der Waals surface area contributed by atoms with E-state index in [2.05, 4.69) is 10.1 Å². The van der Waals surface area contributed by atoms with Crippen molar-refractivity contribution in [2.24, 2.45) is 0 Å². The number of rotatable bonds is 5. The molecule has 0 N–H and O–H groups in total. The van der Waals surface area contributed by atoms with Crippen LogP contribution in [0.2, 0.25) is 0 Å². The predicted molar refractivity (Wildman–Crippen MR) is 89.0 cm³/mol. The molecule has 1 aromatic carbocycles. The van der Waals surface area contributed by atoms with Crippen LogP contribution in [0, 0.1) is 0 Å². The molecular weight excluding hydrogens is 318 g/mol. The van der Waals surface area contributed by atoms with Gasteiger partial charge in [0.25, 0.3) is 0 Å². The summed E-state index contributed by atoms with van der Waals surface area (Å²) in [6.07, 6.45) is 4.34. The summed E-state index contributed by atoms with van der Waals surface area (Å²) in [6.45, 7) is 0.803. The summed E-state index contributed by atoms with van der Waals surface area (Å²) < 4.78 is 7.37. The summed E-state index contributed by atoms with van der Waals surface area (Å²) in [5.41, 5.74) is 1.86. The number of carbonyl (C=O) groups excluding carboxylic acids is 1. The van der Waals surface area contributed by atoms with Crippen LogP contribution in [0.4, 0.5) is 0 Å². The third-order valence-electron chi connectivity index (χ3n) is 3.27. The van der Waals surface area contributed by atoms with E-state index >= 15 is 0 Å². The third kappa shape index (κ3) is 4.04. The second kappa shape index (κ2) is 7.69. The molecule has 0 aliphatic carbocycles. The number of carbonyl (C=O) groups is 1. The zero-order valence-electron chi connectivity index (χ0n) is 12.1. The summed E-state index contributed by atoms with van der Waals surface area (Å²) in [5, 5.41) is 3.96. The minimum absolute atomic E-state index is 0.290. The lowest BCUT2D eigenvalue weighted by atomic mass is 10.1. The molecule has 1 aliphatic heterocycles. The van der Waals surface area contributed by atoms with Gasteiger partial charge in [0.2, 0.25) is 0 Å². The van der Waals surface area contributed by atoms with Crippen molar-refractivity contribution in [3.63, 3.8) is 0 Å². The number of hydrogen-bond donors (Lipinski definition) is 0. The summed E-state index contributed by atoms with van der Waals surface area (Å²) in [5.74, 6) is 2.13. The minimum atomic E-state index is -0.296. The van der Waals surface area contributed by atoms with Gasteiger partial charge in [0, 0.05) is 0 Å². The molecule has 0 radical (unpaired) electrons. The fourth-order valence-electron chi connectivity index (χ4n) is 2.12. The van der Waals surface area contributed by atoms with Crippen molar-refractivity contribution in [1.29, 1.82) is 0 Å². The Morgan fingerprint density at radius 3 is 2.73 bits per heavy atom. The van der Waals surface area contributed by atoms with E-state index in [0.717, 1.165) is 0 Å². The number of hydrogen-bond acceptors (Lipinski definition) is 6. The monoisotopic (exact) mass is 335 g/mol. The van der Waals surface area contributed by atoms with Gasteiger partial charge in [-0.1, -0.05) is 12.1 Å². The smallest absolute Gasteiger partial charge is 0.338 e. The van der Waals surface area contributed by atoms with E-state index in [1.165, 1.54) is 29.8 Å². The summed E-state index contributed by atoms with van der Waals surface area (Å²) in [6, 6.07) is 7.76. The molecule has 7 heteroatoms. The number of benzene rings is 1. The van der Waals surface area contributed by atoms with E-state index < -0.39 is 0 Å². The second-order valence-electron chi connectivity index (χ2n) is 4.84. The highest BCUT2D eigenvalue weighted by Gasteiger charge is 2.17. The largest absolute Gasteiger partial charge is 0.460 e. The van der Waals surface area contributed by atoms with Crippen molar-refractivity contribution in [2.45, 2.75) is 17.5 Å². The molecule has 1 aliphatic rings. The van der Waals surface area contributed by atoms with Gasteiger partial charge in [0.15, 0.2) is 0 Å². The molecule has 22 heavy (non-hydrogen) atoms. The van der Waals surface area contributed by atoms with Crippen molar-refractivity contribution in [2.75, 3.05) is 18.1 Å². The molecule has 1 saturated heterocycles. The van der Waals surface area contributed by atoms with Gasteiger partial charge in [-0.05, 0) is 35.6 Å². The first-order valence-electron chi connectivity index (χ1n) is 7.15. The summed E-state index contributed by atoms with van der Waals surface area (Å²) in [7, 11) is 0. The third-order valence-corrected chi connectivity index (χ3v) is 6.28. The maximum absolute atomic E-state index is 12.0. The fourth-order valence-corrected chi connectivity index (χ4v) is 5.01.